The van der Waals surface area contributed by atoms with Crippen LogP contribution in [0.15, 0.2) is 71.7 Å². The average molecular weight is 360 g/mol. The van der Waals surface area contributed by atoms with Gasteiger partial charge in [0, 0.05) is 18.8 Å². The highest BCUT2D eigenvalue weighted by Crippen LogP contribution is 2.24. The Kier molecular flexibility index (Phi) is 3.97. The van der Waals surface area contributed by atoms with E-state index in [-0.39, 0.29) is 11.4 Å². The van der Waals surface area contributed by atoms with E-state index in [4.69, 9.17) is 5.73 Å². The molecular formula is C20H16N4O3. The summed E-state index contributed by atoms with van der Waals surface area (Å²) in [5.41, 5.74) is 8.16. The van der Waals surface area contributed by atoms with Crippen molar-refractivity contribution in [1.82, 2.24) is 14.2 Å². The summed E-state index contributed by atoms with van der Waals surface area (Å²) in [6, 6.07) is 19.3. The minimum Gasteiger partial charge on any atom is -0.477 e. The second-order valence-electron chi connectivity index (χ2n) is 6.14. The summed E-state index contributed by atoms with van der Waals surface area (Å²) in [6.07, 6.45) is 1.34. The summed E-state index contributed by atoms with van der Waals surface area (Å²) >= 11 is 0. The summed E-state index contributed by atoms with van der Waals surface area (Å²) in [7, 11) is 0. The zero-order valence-corrected chi connectivity index (χ0v) is 14.2. The molecule has 4 aromatic rings. The van der Waals surface area contributed by atoms with E-state index in [0.717, 1.165) is 21.2 Å². The van der Waals surface area contributed by atoms with Gasteiger partial charge in [-0.15, -0.1) is 5.10 Å². The van der Waals surface area contributed by atoms with Gasteiger partial charge in [0.05, 0.1) is 0 Å². The molecule has 134 valence electrons. The predicted molar refractivity (Wildman–Crippen MR) is 102 cm³/mol. The molecule has 2 heterocycles. The van der Waals surface area contributed by atoms with Crippen LogP contribution in [0.2, 0.25) is 0 Å². The molecule has 0 spiro atoms. The van der Waals surface area contributed by atoms with Crippen molar-refractivity contribution < 1.29 is 9.90 Å². The monoisotopic (exact) mass is 360 g/mol. The first-order chi connectivity index (χ1) is 13.0. The van der Waals surface area contributed by atoms with Crippen LogP contribution < -0.4 is 11.3 Å². The smallest absolute Gasteiger partial charge is 0.342 e. The van der Waals surface area contributed by atoms with Crippen LogP contribution in [-0.2, 0) is 6.54 Å². The molecule has 0 atom stereocenters. The molecule has 0 fully saturated rings. The lowest BCUT2D eigenvalue weighted by molar-refractivity contribution is 0.0693. The molecule has 7 heteroatoms. The molecule has 7 nitrogen and oxygen atoms in total. The Hall–Kier alpha value is -3.87. The lowest BCUT2D eigenvalue weighted by atomic mass is 9.99. The van der Waals surface area contributed by atoms with Gasteiger partial charge in [0.25, 0.3) is 5.56 Å². The van der Waals surface area contributed by atoms with E-state index < -0.39 is 11.5 Å². The Morgan fingerprint density at radius 3 is 2.52 bits per heavy atom. The zero-order chi connectivity index (χ0) is 19.0. The van der Waals surface area contributed by atoms with Crippen molar-refractivity contribution in [2.75, 3.05) is 5.73 Å². The van der Waals surface area contributed by atoms with Crippen LogP contribution in [0.25, 0.3) is 16.8 Å². The highest BCUT2D eigenvalue weighted by atomic mass is 16.4. The summed E-state index contributed by atoms with van der Waals surface area (Å²) in [5, 5.41) is 13.3. The maximum absolute atomic E-state index is 12.3. The number of nitrogens with zero attached hydrogens (tertiary/aromatic N) is 3. The van der Waals surface area contributed by atoms with Crippen molar-refractivity contribution in [3.63, 3.8) is 0 Å². The van der Waals surface area contributed by atoms with Gasteiger partial charge in [-0.25, -0.2) is 4.79 Å². The molecule has 4 rings (SSSR count). The number of carboxylic acid groups (broad SMARTS) is 1. The van der Waals surface area contributed by atoms with E-state index in [9.17, 15) is 14.7 Å². The predicted octanol–water partition coefficient (Wildman–Crippen LogP) is 2.49. The Bertz CT molecular complexity index is 1210. The van der Waals surface area contributed by atoms with E-state index in [0.29, 0.717) is 12.2 Å². The largest absolute Gasteiger partial charge is 0.477 e. The topological polar surface area (TPSA) is 103 Å². The Labute approximate surface area is 153 Å². The Morgan fingerprint density at radius 2 is 1.78 bits per heavy atom. The number of nitrogen functional groups attached to an aromatic ring is 1. The highest BCUT2D eigenvalue weighted by Gasteiger charge is 2.17. The summed E-state index contributed by atoms with van der Waals surface area (Å²) in [5.74, 6) is -1.15. The summed E-state index contributed by atoms with van der Waals surface area (Å²) < 4.78 is 2.71. The van der Waals surface area contributed by atoms with Crippen LogP contribution >= 0.6 is 0 Å². The van der Waals surface area contributed by atoms with Crippen LogP contribution in [0.3, 0.4) is 0 Å². The van der Waals surface area contributed by atoms with E-state index >= 15 is 0 Å². The first kappa shape index (κ1) is 16.6. The molecule has 0 aliphatic rings. The van der Waals surface area contributed by atoms with Gasteiger partial charge in [-0.3, -0.25) is 4.79 Å². The molecule has 0 aliphatic heterocycles. The number of aromatic carboxylic acids is 1. The number of aromatic nitrogens is 3. The van der Waals surface area contributed by atoms with Crippen LogP contribution in [-0.4, -0.2) is 25.3 Å². The maximum Gasteiger partial charge on any atom is 0.342 e. The van der Waals surface area contributed by atoms with Gasteiger partial charge < -0.3 is 15.4 Å². The third-order valence-corrected chi connectivity index (χ3v) is 4.38. The SMILES string of the molecule is Nc1cc2n(Cc3ccccc3-c3ccccc3)cc(C(=O)O)c(=O)n2n1. The standard InChI is InChI=1S/C20H16N4O3/c21-17-10-18-23(12-16(20(26)27)19(25)24(18)22-17)11-14-8-4-5-9-15(14)13-6-2-1-3-7-13/h1-10,12H,11H2,(H2,21,22)(H,26,27). The average Bonchev–Trinajstić information content (AvgIpc) is 3.07. The number of carbonyl (C=O) groups is 1. The third kappa shape index (κ3) is 2.95. The number of hydrogen-bond acceptors (Lipinski definition) is 4. The summed E-state index contributed by atoms with van der Waals surface area (Å²) in [4.78, 5) is 23.8. The quantitative estimate of drug-likeness (QED) is 0.582. The Morgan fingerprint density at radius 1 is 1.07 bits per heavy atom. The van der Waals surface area contributed by atoms with Gasteiger partial charge in [-0.05, 0) is 16.7 Å². The third-order valence-electron chi connectivity index (χ3n) is 4.38. The van der Waals surface area contributed by atoms with Crippen molar-refractivity contribution in [1.29, 1.82) is 0 Å². The lowest BCUT2D eigenvalue weighted by Gasteiger charge is -2.14. The fourth-order valence-electron chi connectivity index (χ4n) is 3.15. The van der Waals surface area contributed by atoms with Crippen molar-refractivity contribution in [2.24, 2.45) is 0 Å². The van der Waals surface area contributed by atoms with Gasteiger partial charge in [0.15, 0.2) is 0 Å². The summed E-state index contributed by atoms with van der Waals surface area (Å²) in [6.45, 7) is 0.361. The molecular weight excluding hydrogens is 344 g/mol. The number of hydrogen-bond donors (Lipinski definition) is 2. The van der Waals surface area contributed by atoms with Crippen molar-refractivity contribution in [3.05, 3.63) is 88.3 Å². The maximum atomic E-state index is 12.3. The second-order valence-corrected chi connectivity index (χ2v) is 6.14. The molecule has 0 saturated carbocycles. The molecule has 27 heavy (non-hydrogen) atoms. The second kappa shape index (κ2) is 6.45. The van der Waals surface area contributed by atoms with Gasteiger partial charge >= 0.3 is 5.97 Å². The van der Waals surface area contributed by atoms with Crippen molar-refractivity contribution >= 4 is 17.4 Å². The lowest BCUT2D eigenvalue weighted by Crippen LogP contribution is -2.26. The Balaban J connectivity index is 1.90. The fourth-order valence-corrected chi connectivity index (χ4v) is 3.15. The van der Waals surface area contributed by atoms with Crippen molar-refractivity contribution in [3.8, 4) is 11.1 Å². The van der Waals surface area contributed by atoms with E-state index in [2.05, 4.69) is 5.10 Å². The molecule has 0 saturated heterocycles. The molecule has 0 unspecified atom stereocenters. The minimum atomic E-state index is -1.30. The number of carboxylic acids is 1. The van der Waals surface area contributed by atoms with Gasteiger partial charge in [-0.1, -0.05) is 54.6 Å². The zero-order valence-electron chi connectivity index (χ0n) is 14.2. The van der Waals surface area contributed by atoms with Crippen molar-refractivity contribution in [2.45, 2.75) is 6.54 Å². The van der Waals surface area contributed by atoms with E-state index in [1.165, 1.54) is 6.20 Å². The molecule has 0 amide bonds. The van der Waals surface area contributed by atoms with Crippen LogP contribution in [0, 0.1) is 0 Å². The number of benzene rings is 2. The number of nitrogens with two attached hydrogens (primary N) is 1. The highest BCUT2D eigenvalue weighted by molar-refractivity contribution is 5.87. The first-order valence-electron chi connectivity index (χ1n) is 8.30. The first-order valence-corrected chi connectivity index (χ1v) is 8.30. The number of anilines is 1. The molecule has 3 N–H and O–H groups in total. The van der Waals surface area contributed by atoms with Crippen LogP contribution in [0.1, 0.15) is 15.9 Å². The minimum absolute atomic E-state index is 0.153. The number of rotatable bonds is 4. The fraction of sp³-hybridized carbons (Fsp3) is 0.0500. The molecule has 2 aromatic carbocycles. The van der Waals surface area contributed by atoms with E-state index in [1.54, 1.807) is 10.6 Å². The van der Waals surface area contributed by atoms with Crippen LogP contribution in [0.5, 0.6) is 0 Å². The van der Waals surface area contributed by atoms with Gasteiger partial charge in [-0.2, -0.15) is 4.52 Å². The van der Waals surface area contributed by atoms with Gasteiger partial charge in [0.1, 0.15) is 17.0 Å². The molecule has 2 aromatic heterocycles. The normalized spacial score (nSPS) is 11.0. The van der Waals surface area contributed by atoms with E-state index in [1.807, 2.05) is 54.6 Å². The molecule has 0 bridgehead atoms. The molecule has 0 aliphatic carbocycles. The number of fused-ring (bicyclic) bond motifs is 1. The van der Waals surface area contributed by atoms with Gasteiger partial charge in [0.2, 0.25) is 0 Å². The van der Waals surface area contributed by atoms with Crippen LogP contribution in [0.4, 0.5) is 5.82 Å². The molecule has 0 radical (unpaired) electrons.